The van der Waals surface area contributed by atoms with E-state index in [1.54, 1.807) is 18.2 Å². The van der Waals surface area contributed by atoms with Gasteiger partial charge in [-0.15, -0.1) is 0 Å². The van der Waals surface area contributed by atoms with E-state index in [-0.39, 0.29) is 11.8 Å². The monoisotopic (exact) mass is 339 g/mol. The molecule has 0 bridgehead atoms. The van der Waals surface area contributed by atoms with Gasteiger partial charge in [0, 0.05) is 53.8 Å². The minimum Gasteiger partial charge on any atom is -0.398 e. The van der Waals surface area contributed by atoms with Crippen LogP contribution in [0.2, 0.25) is 0 Å². The van der Waals surface area contributed by atoms with Crippen molar-refractivity contribution in [2.75, 3.05) is 45.1 Å². The zero-order valence-corrected chi connectivity index (χ0v) is 14.0. The summed E-state index contributed by atoms with van der Waals surface area (Å²) in [6.45, 7) is 4.60. The van der Waals surface area contributed by atoms with E-state index in [4.69, 9.17) is 10.5 Å². The number of carbonyl (C=O) groups excluding carboxylic acids is 2. The molecule has 2 aromatic carbocycles. The van der Waals surface area contributed by atoms with E-state index < -0.39 is 0 Å². The fraction of sp³-hybridized carbons (Fsp3) is 0.368. The van der Waals surface area contributed by atoms with Crippen molar-refractivity contribution in [2.45, 2.75) is 6.42 Å². The summed E-state index contributed by atoms with van der Waals surface area (Å²) in [7, 11) is 0. The second-order valence-corrected chi connectivity index (χ2v) is 6.50. The molecule has 2 N–H and O–H groups in total. The number of hydrogen-bond donors (Lipinski definition) is 1. The number of anilines is 1. The predicted molar refractivity (Wildman–Crippen MR) is 95.6 cm³/mol. The van der Waals surface area contributed by atoms with E-state index >= 15 is 0 Å². The molecule has 0 unspecified atom stereocenters. The molecule has 4 rings (SSSR count). The Labute approximate surface area is 146 Å². The Morgan fingerprint density at radius 3 is 2.44 bits per heavy atom. The summed E-state index contributed by atoms with van der Waals surface area (Å²) in [5.41, 5.74) is 7.72. The highest BCUT2D eigenvalue weighted by Crippen LogP contribution is 2.33. The van der Waals surface area contributed by atoms with E-state index in [0.717, 1.165) is 44.7 Å². The number of nitrogens with two attached hydrogens (primary N) is 1. The fourth-order valence-corrected chi connectivity index (χ4v) is 3.65. The molecule has 6 nitrogen and oxygen atoms in total. The smallest absolute Gasteiger partial charge is 0.261 e. The van der Waals surface area contributed by atoms with Crippen LogP contribution in [0.5, 0.6) is 0 Å². The van der Waals surface area contributed by atoms with Gasteiger partial charge in [0.2, 0.25) is 0 Å². The number of morpholine rings is 1. The summed E-state index contributed by atoms with van der Waals surface area (Å²) in [6, 6.07) is 8.91. The molecule has 0 spiro atoms. The van der Waals surface area contributed by atoms with Crippen LogP contribution in [0.4, 0.5) is 5.69 Å². The lowest BCUT2D eigenvalue weighted by atomic mass is 9.93. The van der Waals surface area contributed by atoms with Crippen molar-refractivity contribution in [3.63, 3.8) is 0 Å². The van der Waals surface area contributed by atoms with Gasteiger partial charge in [0.05, 0.1) is 13.2 Å². The minimum absolute atomic E-state index is 0.226. The third-order valence-electron chi connectivity index (χ3n) is 4.99. The third kappa shape index (κ3) is 2.77. The normalized spacial score (nSPS) is 18.2. The summed E-state index contributed by atoms with van der Waals surface area (Å²) in [4.78, 5) is 29.3. The number of rotatable bonds is 4. The highest BCUT2D eigenvalue weighted by atomic mass is 16.5. The van der Waals surface area contributed by atoms with Gasteiger partial charge in [0.15, 0.2) is 0 Å². The maximum absolute atomic E-state index is 12.8. The van der Waals surface area contributed by atoms with Crippen LogP contribution in [0.3, 0.4) is 0 Å². The van der Waals surface area contributed by atoms with Crippen molar-refractivity contribution in [1.29, 1.82) is 0 Å². The van der Waals surface area contributed by atoms with Crippen LogP contribution in [0.1, 0.15) is 27.1 Å². The summed E-state index contributed by atoms with van der Waals surface area (Å²) in [5, 5.41) is 1.45. The quantitative estimate of drug-likeness (QED) is 0.678. The highest BCUT2D eigenvalue weighted by molar-refractivity contribution is 6.26. The second-order valence-electron chi connectivity index (χ2n) is 6.50. The van der Waals surface area contributed by atoms with E-state index in [0.29, 0.717) is 28.7 Å². The van der Waals surface area contributed by atoms with E-state index in [1.165, 1.54) is 4.90 Å². The molecule has 2 aliphatic rings. The Balaban J connectivity index is 1.56. The van der Waals surface area contributed by atoms with Crippen LogP contribution in [-0.2, 0) is 4.74 Å². The van der Waals surface area contributed by atoms with Gasteiger partial charge in [-0.3, -0.25) is 19.4 Å². The summed E-state index contributed by atoms with van der Waals surface area (Å²) in [6.07, 6.45) is 0.762. The topological polar surface area (TPSA) is 75.9 Å². The Hall–Kier alpha value is -2.44. The molecule has 2 heterocycles. The lowest BCUT2D eigenvalue weighted by molar-refractivity contribution is 0.0352. The summed E-state index contributed by atoms with van der Waals surface area (Å²) in [5.74, 6) is -0.452. The Bertz CT molecular complexity index is 821. The maximum atomic E-state index is 12.8. The summed E-state index contributed by atoms with van der Waals surface area (Å²) >= 11 is 0. The predicted octanol–water partition coefficient (Wildman–Crippen LogP) is 1.74. The van der Waals surface area contributed by atoms with Crippen molar-refractivity contribution in [2.24, 2.45) is 0 Å². The number of imide groups is 1. The van der Waals surface area contributed by atoms with Crippen molar-refractivity contribution in [3.8, 4) is 0 Å². The Kier molecular flexibility index (Phi) is 4.15. The molecule has 1 saturated heterocycles. The average Bonchev–Trinajstić information content (AvgIpc) is 2.64. The van der Waals surface area contributed by atoms with Crippen molar-refractivity contribution < 1.29 is 14.3 Å². The first-order chi connectivity index (χ1) is 12.2. The molecule has 1 fully saturated rings. The molecule has 2 aromatic rings. The van der Waals surface area contributed by atoms with Crippen molar-refractivity contribution in [3.05, 3.63) is 41.5 Å². The second kappa shape index (κ2) is 6.46. The van der Waals surface area contributed by atoms with Crippen molar-refractivity contribution in [1.82, 2.24) is 9.80 Å². The molecule has 2 aliphatic heterocycles. The van der Waals surface area contributed by atoms with Crippen LogP contribution in [0.25, 0.3) is 10.8 Å². The van der Waals surface area contributed by atoms with E-state index in [2.05, 4.69) is 4.90 Å². The molecular weight excluding hydrogens is 318 g/mol. The standard InChI is InChI=1S/C19H21N3O3/c20-16-6-5-15-17-13(16)3-1-4-14(17)18(23)22(19(15)24)8-2-7-21-9-11-25-12-10-21/h1,3-6H,2,7-12,20H2. The zero-order chi connectivity index (χ0) is 17.4. The number of amides is 2. The van der Waals surface area contributed by atoms with Crippen LogP contribution >= 0.6 is 0 Å². The SMILES string of the molecule is Nc1ccc2c3c(cccc13)C(=O)N(CCCN1CCOCC1)C2=O. The van der Waals surface area contributed by atoms with Crippen molar-refractivity contribution >= 4 is 28.3 Å². The Morgan fingerprint density at radius 2 is 1.68 bits per heavy atom. The lowest BCUT2D eigenvalue weighted by Crippen LogP contribution is -2.43. The van der Waals surface area contributed by atoms with Gasteiger partial charge in [-0.1, -0.05) is 12.1 Å². The number of ether oxygens (including phenoxy) is 1. The maximum Gasteiger partial charge on any atom is 0.261 e. The molecule has 25 heavy (non-hydrogen) atoms. The fourth-order valence-electron chi connectivity index (χ4n) is 3.65. The van der Waals surface area contributed by atoms with Crippen LogP contribution in [-0.4, -0.2) is 61.0 Å². The van der Waals surface area contributed by atoms with Gasteiger partial charge in [-0.05, 0) is 24.6 Å². The van der Waals surface area contributed by atoms with Gasteiger partial charge in [-0.25, -0.2) is 0 Å². The van der Waals surface area contributed by atoms with Crippen LogP contribution < -0.4 is 5.73 Å². The number of benzene rings is 2. The third-order valence-corrected chi connectivity index (χ3v) is 4.99. The molecular formula is C19H21N3O3. The van der Waals surface area contributed by atoms with Gasteiger partial charge >= 0.3 is 0 Å². The van der Waals surface area contributed by atoms with Gasteiger partial charge in [-0.2, -0.15) is 0 Å². The van der Waals surface area contributed by atoms with Gasteiger partial charge < -0.3 is 10.5 Å². The first kappa shape index (κ1) is 16.1. The molecule has 2 amide bonds. The molecule has 0 aliphatic carbocycles. The molecule has 0 atom stereocenters. The molecule has 6 heteroatoms. The summed E-state index contributed by atoms with van der Waals surface area (Å²) < 4.78 is 5.34. The van der Waals surface area contributed by atoms with E-state index in [9.17, 15) is 9.59 Å². The molecule has 130 valence electrons. The first-order valence-corrected chi connectivity index (χ1v) is 8.64. The van der Waals surface area contributed by atoms with Crippen LogP contribution in [0.15, 0.2) is 30.3 Å². The largest absolute Gasteiger partial charge is 0.398 e. The highest BCUT2D eigenvalue weighted by Gasteiger charge is 2.32. The number of nitrogen functional groups attached to an aromatic ring is 1. The first-order valence-electron chi connectivity index (χ1n) is 8.64. The average molecular weight is 339 g/mol. The number of carbonyl (C=O) groups is 2. The molecule has 0 saturated carbocycles. The van der Waals surface area contributed by atoms with E-state index in [1.807, 2.05) is 12.1 Å². The zero-order valence-electron chi connectivity index (χ0n) is 14.0. The molecule has 0 radical (unpaired) electrons. The number of nitrogens with zero attached hydrogens (tertiary/aromatic N) is 2. The van der Waals surface area contributed by atoms with Gasteiger partial charge in [0.1, 0.15) is 0 Å². The minimum atomic E-state index is -0.226. The van der Waals surface area contributed by atoms with Crippen LogP contribution in [0, 0.1) is 0 Å². The van der Waals surface area contributed by atoms with Gasteiger partial charge in [0.25, 0.3) is 11.8 Å². The Morgan fingerprint density at radius 1 is 0.960 bits per heavy atom. The molecule has 0 aromatic heterocycles. The number of hydrogen-bond acceptors (Lipinski definition) is 5. The lowest BCUT2D eigenvalue weighted by Gasteiger charge is -2.30.